The number of hydrogen-bond acceptors (Lipinski definition) is 2. The molecule has 0 saturated carbocycles. The van der Waals surface area contributed by atoms with Gasteiger partial charge in [-0.15, -0.1) is 0 Å². The molecular weight excluding hydrogens is 216 g/mol. The molecule has 1 fully saturated rings. The first-order valence-corrected chi connectivity index (χ1v) is 6.04. The van der Waals surface area contributed by atoms with Crippen LogP contribution >= 0.6 is 0 Å². The molecule has 1 aliphatic rings. The molecule has 0 radical (unpaired) electrons. The normalized spacial score (nSPS) is 17.2. The van der Waals surface area contributed by atoms with Crippen LogP contribution in [-0.2, 0) is 7.05 Å². The molecule has 4 nitrogen and oxygen atoms in total. The number of aromatic nitrogens is 1. The second kappa shape index (κ2) is 4.73. The largest absolute Gasteiger partial charge is 0.339 e. The third-order valence-electron chi connectivity index (χ3n) is 3.42. The fourth-order valence-corrected chi connectivity index (χ4v) is 2.08. The molecule has 2 rings (SSSR count). The number of rotatable bonds is 1. The van der Waals surface area contributed by atoms with E-state index in [4.69, 9.17) is 0 Å². The van der Waals surface area contributed by atoms with E-state index >= 15 is 0 Å². The average molecular weight is 234 g/mol. The Balaban J connectivity index is 2.14. The summed E-state index contributed by atoms with van der Waals surface area (Å²) in [5, 5.41) is 0. The van der Waals surface area contributed by atoms with E-state index in [1.54, 1.807) is 19.3 Å². The fourth-order valence-electron chi connectivity index (χ4n) is 2.08. The SMILES string of the molecule is CC1CCN(C(=O)c2ccn(C)c(=O)c2)CC1. The molecule has 0 N–H and O–H groups in total. The van der Waals surface area contributed by atoms with Gasteiger partial charge in [-0.2, -0.15) is 0 Å². The van der Waals surface area contributed by atoms with Crippen molar-refractivity contribution in [1.82, 2.24) is 9.47 Å². The highest BCUT2D eigenvalue weighted by Gasteiger charge is 2.21. The van der Waals surface area contributed by atoms with Crippen LogP contribution in [0.15, 0.2) is 23.1 Å². The van der Waals surface area contributed by atoms with Crippen LogP contribution in [0.4, 0.5) is 0 Å². The molecule has 0 bridgehead atoms. The van der Waals surface area contributed by atoms with Crippen LogP contribution in [0.2, 0.25) is 0 Å². The van der Waals surface area contributed by atoms with Gasteiger partial charge in [0.1, 0.15) is 0 Å². The van der Waals surface area contributed by atoms with Gasteiger partial charge in [0, 0.05) is 38.0 Å². The van der Waals surface area contributed by atoms with Crippen molar-refractivity contribution in [2.45, 2.75) is 19.8 Å². The van der Waals surface area contributed by atoms with Gasteiger partial charge in [0.2, 0.25) is 0 Å². The number of amides is 1. The predicted molar refractivity (Wildman–Crippen MR) is 66.0 cm³/mol. The van der Waals surface area contributed by atoms with Gasteiger partial charge in [0.15, 0.2) is 0 Å². The minimum atomic E-state index is -0.138. The van der Waals surface area contributed by atoms with Crippen molar-refractivity contribution in [3.63, 3.8) is 0 Å². The molecule has 0 spiro atoms. The Hall–Kier alpha value is -1.58. The molecule has 0 aromatic carbocycles. The Morgan fingerprint density at radius 3 is 2.59 bits per heavy atom. The monoisotopic (exact) mass is 234 g/mol. The number of hydrogen-bond donors (Lipinski definition) is 0. The molecule has 0 unspecified atom stereocenters. The Morgan fingerprint density at radius 2 is 2.00 bits per heavy atom. The summed E-state index contributed by atoms with van der Waals surface area (Å²) in [5.41, 5.74) is 0.365. The van der Waals surface area contributed by atoms with Gasteiger partial charge in [-0.1, -0.05) is 6.92 Å². The van der Waals surface area contributed by atoms with E-state index in [0.29, 0.717) is 11.5 Å². The predicted octanol–water partition coefficient (Wildman–Crippen LogP) is 1.26. The third kappa shape index (κ3) is 2.57. The molecule has 92 valence electrons. The number of piperidine rings is 1. The van der Waals surface area contributed by atoms with Crippen LogP contribution in [0, 0.1) is 5.92 Å². The van der Waals surface area contributed by atoms with Crippen LogP contribution < -0.4 is 5.56 Å². The van der Waals surface area contributed by atoms with Crippen molar-refractivity contribution in [1.29, 1.82) is 0 Å². The quantitative estimate of drug-likeness (QED) is 0.734. The Labute approximate surface area is 101 Å². The molecule has 2 heterocycles. The lowest BCUT2D eigenvalue weighted by Crippen LogP contribution is -2.38. The molecule has 1 amide bonds. The van der Waals surface area contributed by atoms with Crippen molar-refractivity contribution in [2.24, 2.45) is 13.0 Å². The van der Waals surface area contributed by atoms with E-state index in [1.165, 1.54) is 10.6 Å². The topological polar surface area (TPSA) is 42.3 Å². The number of carbonyl (C=O) groups excluding carboxylic acids is 1. The molecule has 1 aromatic rings. The van der Waals surface area contributed by atoms with Crippen LogP contribution in [0.1, 0.15) is 30.1 Å². The maximum absolute atomic E-state index is 12.1. The maximum atomic E-state index is 12.1. The van der Waals surface area contributed by atoms with Crippen molar-refractivity contribution >= 4 is 5.91 Å². The van der Waals surface area contributed by atoms with E-state index in [2.05, 4.69) is 6.92 Å². The molecule has 17 heavy (non-hydrogen) atoms. The van der Waals surface area contributed by atoms with Crippen LogP contribution in [-0.4, -0.2) is 28.5 Å². The Kier molecular flexibility index (Phi) is 3.31. The summed E-state index contributed by atoms with van der Waals surface area (Å²) >= 11 is 0. The number of carbonyl (C=O) groups is 1. The van der Waals surface area contributed by atoms with Gasteiger partial charge in [-0.25, -0.2) is 0 Å². The number of pyridine rings is 1. The summed E-state index contributed by atoms with van der Waals surface area (Å²) in [6, 6.07) is 3.13. The first-order chi connectivity index (χ1) is 8.08. The second-order valence-corrected chi connectivity index (χ2v) is 4.84. The highest BCUT2D eigenvalue weighted by atomic mass is 16.2. The molecular formula is C13H18N2O2. The third-order valence-corrected chi connectivity index (χ3v) is 3.42. The first kappa shape index (κ1) is 11.9. The summed E-state index contributed by atoms with van der Waals surface area (Å²) in [5.74, 6) is 0.678. The van der Waals surface area contributed by atoms with Crippen LogP contribution in [0.5, 0.6) is 0 Å². The van der Waals surface area contributed by atoms with Crippen LogP contribution in [0.3, 0.4) is 0 Å². The van der Waals surface area contributed by atoms with Gasteiger partial charge in [0.25, 0.3) is 11.5 Å². The van der Waals surface area contributed by atoms with Gasteiger partial charge in [0.05, 0.1) is 0 Å². The van der Waals surface area contributed by atoms with Gasteiger partial charge >= 0.3 is 0 Å². The summed E-state index contributed by atoms with van der Waals surface area (Å²) < 4.78 is 1.47. The fraction of sp³-hybridized carbons (Fsp3) is 0.538. The van der Waals surface area contributed by atoms with E-state index in [-0.39, 0.29) is 11.5 Å². The molecule has 1 saturated heterocycles. The summed E-state index contributed by atoms with van der Waals surface area (Å²) in [6.45, 7) is 3.81. The number of nitrogens with zero attached hydrogens (tertiary/aromatic N) is 2. The molecule has 4 heteroatoms. The summed E-state index contributed by atoms with van der Waals surface area (Å²) in [6.07, 6.45) is 3.75. The average Bonchev–Trinajstić information content (AvgIpc) is 2.33. The number of aryl methyl sites for hydroxylation is 1. The summed E-state index contributed by atoms with van der Waals surface area (Å²) in [4.78, 5) is 25.5. The second-order valence-electron chi connectivity index (χ2n) is 4.84. The van der Waals surface area contributed by atoms with Crippen molar-refractivity contribution < 1.29 is 4.79 Å². The van der Waals surface area contributed by atoms with E-state index in [1.807, 2.05) is 4.90 Å². The minimum Gasteiger partial charge on any atom is -0.339 e. The standard InChI is InChI=1S/C13H18N2O2/c1-10-3-7-15(8-4-10)13(17)11-5-6-14(2)12(16)9-11/h5-6,9-10H,3-4,7-8H2,1-2H3. The molecule has 1 aromatic heterocycles. The molecule has 0 aliphatic carbocycles. The minimum absolute atomic E-state index is 0.0189. The van der Waals surface area contributed by atoms with Crippen LogP contribution in [0.25, 0.3) is 0 Å². The zero-order valence-corrected chi connectivity index (χ0v) is 10.3. The van der Waals surface area contributed by atoms with Gasteiger partial charge < -0.3 is 9.47 Å². The van der Waals surface area contributed by atoms with E-state index < -0.39 is 0 Å². The van der Waals surface area contributed by atoms with E-state index in [0.717, 1.165) is 25.9 Å². The number of likely N-dealkylation sites (tertiary alicyclic amines) is 1. The van der Waals surface area contributed by atoms with Crippen molar-refractivity contribution in [3.8, 4) is 0 Å². The first-order valence-electron chi connectivity index (χ1n) is 6.04. The lowest BCUT2D eigenvalue weighted by molar-refractivity contribution is 0.0697. The van der Waals surface area contributed by atoms with Crippen molar-refractivity contribution in [3.05, 3.63) is 34.2 Å². The lowest BCUT2D eigenvalue weighted by atomic mass is 9.99. The zero-order chi connectivity index (χ0) is 12.4. The smallest absolute Gasteiger partial charge is 0.254 e. The highest BCUT2D eigenvalue weighted by Crippen LogP contribution is 2.17. The van der Waals surface area contributed by atoms with E-state index in [9.17, 15) is 9.59 Å². The highest BCUT2D eigenvalue weighted by molar-refractivity contribution is 5.94. The lowest BCUT2D eigenvalue weighted by Gasteiger charge is -2.30. The Morgan fingerprint density at radius 1 is 1.35 bits per heavy atom. The Bertz CT molecular complexity index is 471. The van der Waals surface area contributed by atoms with Gasteiger partial charge in [-0.05, 0) is 24.8 Å². The maximum Gasteiger partial charge on any atom is 0.254 e. The molecule has 0 atom stereocenters. The zero-order valence-electron chi connectivity index (χ0n) is 10.3. The van der Waals surface area contributed by atoms with Gasteiger partial charge in [-0.3, -0.25) is 9.59 Å². The molecule has 1 aliphatic heterocycles. The summed E-state index contributed by atoms with van der Waals surface area (Å²) in [7, 11) is 1.68. The van der Waals surface area contributed by atoms with Crippen molar-refractivity contribution in [2.75, 3.05) is 13.1 Å².